The molecule has 0 N–H and O–H groups in total. The smallest absolute Gasteiger partial charge is 0.124 e. The molecule has 0 aliphatic carbocycles. The number of aromatic nitrogens is 2. The van der Waals surface area contributed by atoms with E-state index in [1.165, 1.54) is 18.4 Å². The number of rotatable bonds is 7. The van der Waals surface area contributed by atoms with Crippen molar-refractivity contribution in [3.05, 3.63) is 29.6 Å². The summed E-state index contributed by atoms with van der Waals surface area (Å²) in [6.07, 6.45) is 2.92. The van der Waals surface area contributed by atoms with Crippen LogP contribution in [0.5, 0.6) is 0 Å². The first-order valence-electron chi connectivity index (χ1n) is 7.67. The lowest BCUT2D eigenvalue weighted by Crippen LogP contribution is -2.21. The van der Waals surface area contributed by atoms with E-state index in [1.54, 1.807) is 0 Å². The van der Waals surface area contributed by atoms with Crippen LogP contribution in [0.1, 0.15) is 37.6 Å². The van der Waals surface area contributed by atoms with Gasteiger partial charge in [-0.25, -0.2) is 4.98 Å². The van der Waals surface area contributed by atoms with Crippen LogP contribution >= 0.6 is 0 Å². The van der Waals surface area contributed by atoms with E-state index in [0.717, 1.165) is 29.9 Å². The minimum atomic E-state index is 0.519. The molecule has 4 heteroatoms. The topological polar surface area (TPSA) is 44.9 Å². The minimum absolute atomic E-state index is 0.519. The zero-order valence-corrected chi connectivity index (χ0v) is 13.3. The highest BCUT2D eigenvalue weighted by Crippen LogP contribution is 2.19. The maximum absolute atomic E-state index is 8.88. The van der Waals surface area contributed by atoms with Crippen LogP contribution in [0, 0.1) is 18.3 Å². The third-order valence-electron chi connectivity index (χ3n) is 3.73. The van der Waals surface area contributed by atoms with E-state index in [-0.39, 0.29) is 0 Å². The highest BCUT2D eigenvalue weighted by Gasteiger charge is 2.12. The molecule has 0 saturated heterocycles. The second kappa shape index (κ2) is 7.24. The van der Waals surface area contributed by atoms with Gasteiger partial charge in [0.2, 0.25) is 0 Å². The standard InChI is InChI=1S/C17H24N4/c1-4-5-10-20(3)13-17-19-15-12-14(2)7-8-16(15)21(17)11-6-9-18/h7-8,12H,4-6,10-11,13H2,1-3H3. The summed E-state index contributed by atoms with van der Waals surface area (Å²) in [5.41, 5.74) is 3.39. The van der Waals surface area contributed by atoms with Crippen LogP contribution in [0.2, 0.25) is 0 Å². The molecule has 0 unspecified atom stereocenters. The second-order valence-corrected chi connectivity index (χ2v) is 5.67. The van der Waals surface area contributed by atoms with Gasteiger partial charge in [0.15, 0.2) is 0 Å². The number of hydrogen-bond acceptors (Lipinski definition) is 3. The Hall–Kier alpha value is -1.86. The van der Waals surface area contributed by atoms with Crippen molar-refractivity contribution in [3.8, 4) is 6.07 Å². The first kappa shape index (κ1) is 15.5. The normalized spacial score (nSPS) is 11.2. The molecule has 2 aromatic rings. The lowest BCUT2D eigenvalue weighted by Gasteiger charge is -2.16. The molecule has 0 atom stereocenters. The molecule has 0 saturated carbocycles. The first-order chi connectivity index (χ1) is 10.2. The van der Waals surface area contributed by atoms with Crippen LogP contribution in [0.15, 0.2) is 18.2 Å². The van der Waals surface area contributed by atoms with Crippen molar-refractivity contribution in [1.29, 1.82) is 5.26 Å². The molecule has 1 heterocycles. The lowest BCUT2D eigenvalue weighted by molar-refractivity contribution is 0.308. The van der Waals surface area contributed by atoms with Crippen molar-refractivity contribution >= 4 is 11.0 Å². The Bertz CT molecular complexity index is 636. The maximum atomic E-state index is 8.88. The zero-order chi connectivity index (χ0) is 15.2. The molecular weight excluding hydrogens is 260 g/mol. The first-order valence-corrected chi connectivity index (χ1v) is 7.67. The van der Waals surface area contributed by atoms with Crippen molar-refractivity contribution in [2.24, 2.45) is 0 Å². The molecule has 0 aliphatic rings. The Morgan fingerprint density at radius 2 is 2.19 bits per heavy atom. The number of imidazole rings is 1. The van der Waals surface area contributed by atoms with Gasteiger partial charge in [-0.3, -0.25) is 4.90 Å². The highest BCUT2D eigenvalue weighted by molar-refractivity contribution is 5.76. The van der Waals surface area contributed by atoms with Crippen LogP contribution in [-0.2, 0) is 13.1 Å². The molecule has 4 nitrogen and oxygen atoms in total. The monoisotopic (exact) mass is 284 g/mol. The van der Waals surface area contributed by atoms with Crippen LogP contribution in [0.4, 0.5) is 0 Å². The van der Waals surface area contributed by atoms with Gasteiger partial charge in [0.05, 0.1) is 30.1 Å². The maximum Gasteiger partial charge on any atom is 0.124 e. The quantitative estimate of drug-likeness (QED) is 0.781. The van der Waals surface area contributed by atoms with E-state index in [9.17, 15) is 0 Å². The molecule has 0 amide bonds. The number of unbranched alkanes of at least 4 members (excludes halogenated alkanes) is 1. The molecule has 1 aromatic carbocycles. The van der Waals surface area contributed by atoms with Crippen molar-refractivity contribution < 1.29 is 0 Å². The number of hydrogen-bond donors (Lipinski definition) is 0. The Morgan fingerprint density at radius 1 is 1.38 bits per heavy atom. The van der Waals surface area contributed by atoms with Gasteiger partial charge < -0.3 is 4.57 Å². The number of nitriles is 1. The van der Waals surface area contributed by atoms with E-state index in [4.69, 9.17) is 10.2 Å². The molecular formula is C17H24N4. The number of fused-ring (bicyclic) bond motifs is 1. The summed E-state index contributed by atoms with van der Waals surface area (Å²) >= 11 is 0. The number of aryl methyl sites for hydroxylation is 2. The third-order valence-corrected chi connectivity index (χ3v) is 3.73. The SMILES string of the molecule is CCCCN(C)Cc1nc2cc(C)ccc2n1CCC#N. The van der Waals surface area contributed by atoms with Crippen molar-refractivity contribution in [2.45, 2.75) is 46.2 Å². The average molecular weight is 284 g/mol. The van der Waals surface area contributed by atoms with Crippen LogP contribution in [0.3, 0.4) is 0 Å². The van der Waals surface area contributed by atoms with Gasteiger partial charge in [-0.1, -0.05) is 19.4 Å². The van der Waals surface area contributed by atoms with Crippen molar-refractivity contribution in [2.75, 3.05) is 13.6 Å². The zero-order valence-electron chi connectivity index (χ0n) is 13.3. The van der Waals surface area contributed by atoms with E-state index in [1.807, 2.05) is 0 Å². The molecule has 0 radical (unpaired) electrons. The van der Waals surface area contributed by atoms with Gasteiger partial charge in [0.1, 0.15) is 5.82 Å². The van der Waals surface area contributed by atoms with Crippen molar-refractivity contribution in [1.82, 2.24) is 14.5 Å². The summed E-state index contributed by atoms with van der Waals surface area (Å²) in [6, 6.07) is 8.58. The summed E-state index contributed by atoms with van der Waals surface area (Å²) in [6.45, 7) is 6.92. The van der Waals surface area contributed by atoms with Gasteiger partial charge in [-0.05, 0) is 44.6 Å². The van der Waals surface area contributed by atoms with Crippen LogP contribution in [0.25, 0.3) is 11.0 Å². The number of benzene rings is 1. The summed E-state index contributed by atoms with van der Waals surface area (Å²) < 4.78 is 2.19. The second-order valence-electron chi connectivity index (χ2n) is 5.67. The molecule has 0 spiro atoms. The van der Waals surface area contributed by atoms with Crippen LogP contribution < -0.4 is 0 Å². The van der Waals surface area contributed by atoms with Gasteiger partial charge in [0.25, 0.3) is 0 Å². The number of nitrogens with zero attached hydrogens (tertiary/aromatic N) is 4. The summed E-state index contributed by atoms with van der Waals surface area (Å²) in [5.74, 6) is 1.06. The van der Waals surface area contributed by atoms with Gasteiger partial charge in [0, 0.05) is 6.54 Å². The van der Waals surface area contributed by atoms with Gasteiger partial charge in [-0.2, -0.15) is 5.26 Å². The predicted molar refractivity (Wildman–Crippen MR) is 85.9 cm³/mol. The highest BCUT2D eigenvalue weighted by atomic mass is 15.2. The summed E-state index contributed by atoms with van der Waals surface area (Å²) in [4.78, 5) is 7.09. The predicted octanol–water partition coefficient (Wildman–Crippen LogP) is 3.49. The molecule has 0 bridgehead atoms. The van der Waals surface area contributed by atoms with Gasteiger partial charge in [-0.15, -0.1) is 0 Å². The van der Waals surface area contributed by atoms with E-state index in [0.29, 0.717) is 13.0 Å². The third kappa shape index (κ3) is 3.83. The van der Waals surface area contributed by atoms with E-state index >= 15 is 0 Å². The minimum Gasteiger partial charge on any atom is -0.326 e. The fourth-order valence-electron chi connectivity index (χ4n) is 2.57. The largest absolute Gasteiger partial charge is 0.326 e. The Labute approximate surface area is 127 Å². The van der Waals surface area contributed by atoms with Crippen molar-refractivity contribution in [3.63, 3.8) is 0 Å². The Kier molecular flexibility index (Phi) is 5.35. The van der Waals surface area contributed by atoms with Crippen LogP contribution in [-0.4, -0.2) is 28.0 Å². The summed E-state index contributed by atoms with van der Waals surface area (Å²) in [5, 5.41) is 8.88. The Morgan fingerprint density at radius 3 is 2.90 bits per heavy atom. The summed E-state index contributed by atoms with van der Waals surface area (Å²) in [7, 11) is 2.13. The lowest BCUT2D eigenvalue weighted by atomic mass is 10.2. The van der Waals surface area contributed by atoms with Gasteiger partial charge >= 0.3 is 0 Å². The van der Waals surface area contributed by atoms with E-state index in [2.05, 4.69) is 54.6 Å². The molecule has 21 heavy (non-hydrogen) atoms. The Balaban J connectivity index is 2.29. The molecule has 0 fully saturated rings. The fourth-order valence-corrected chi connectivity index (χ4v) is 2.57. The molecule has 1 aromatic heterocycles. The molecule has 2 rings (SSSR count). The molecule has 0 aliphatic heterocycles. The van der Waals surface area contributed by atoms with E-state index < -0.39 is 0 Å². The fraction of sp³-hybridized carbons (Fsp3) is 0.529. The average Bonchev–Trinajstić information content (AvgIpc) is 2.79. The molecule has 112 valence electrons.